The van der Waals surface area contributed by atoms with E-state index in [1.54, 1.807) is 19.0 Å². The summed E-state index contributed by atoms with van der Waals surface area (Å²) in [6, 6.07) is 0.0307. The van der Waals surface area contributed by atoms with E-state index < -0.39 is 19.1 Å². The summed E-state index contributed by atoms with van der Waals surface area (Å²) in [5, 5.41) is 11.3. The molecule has 1 amide bonds. The molecule has 7 heteroatoms. The number of hydrogen-bond acceptors (Lipinski definition) is 4. The van der Waals surface area contributed by atoms with Gasteiger partial charge in [-0.05, 0) is 12.8 Å². The number of amides is 1. The molecule has 0 bridgehead atoms. The molecule has 0 aliphatic carbocycles. The Morgan fingerprint density at radius 2 is 2.00 bits per heavy atom. The topological polar surface area (TPSA) is 55.8 Å². The number of halogens is 2. The zero-order valence-corrected chi connectivity index (χ0v) is 11.5. The molecule has 1 heterocycles. The minimum absolute atomic E-state index is 0.0307. The predicted octanol–water partition coefficient (Wildman–Crippen LogP) is -0.244. The van der Waals surface area contributed by atoms with Gasteiger partial charge in [0.25, 0.3) is 5.92 Å². The van der Waals surface area contributed by atoms with Gasteiger partial charge < -0.3 is 15.3 Å². The normalized spacial score (nSPS) is 18.6. The maximum atomic E-state index is 12.9. The number of hydrogen-bond donors (Lipinski definition) is 2. The summed E-state index contributed by atoms with van der Waals surface area (Å²) in [6.45, 7) is 0.206. The largest absolute Gasteiger partial charge is 0.390 e. The van der Waals surface area contributed by atoms with Crippen molar-refractivity contribution in [3.63, 3.8) is 0 Å². The first-order valence-corrected chi connectivity index (χ1v) is 6.48. The van der Waals surface area contributed by atoms with E-state index >= 15 is 0 Å². The van der Waals surface area contributed by atoms with Gasteiger partial charge in [0.15, 0.2) is 0 Å². The molecule has 5 nitrogen and oxygen atoms in total. The summed E-state index contributed by atoms with van der Waals surface area (Å²) in [5.41, 5.74) is 0. The lowest BCUT2D eigenvalue weighted by atomic mass is 10.0. The van der Waals surface area contributed by atoms with Crippen molar-refractivity contribution < 1.29 is 18.7 Å². The van der Waals surface area contributed by atoms with Crippen LogP contribution in [0.5, 0.6) is 0 Å². The molecule has 0 atom stereocenters. The van der Waals surface area contributed by atoms with Crippen LogP contribution in [0.2, 0.25) is 0 Å². The average Bonchev–Trinajstić information content (AvgIpc) is 2.38. The molecule has 19 heavy (non-hydrogen) atoms. The minimum Gasteiger partial charge on any atom is -0.390 e. The molecule has 1 rings (SSSR count). The second-order valence-electron chi connectivity index (χ2n) is 5.23. The molecule has 0 aromatic carbocycles. The van der Waals surface area contributed by atoms with Gasteiger partial charge in [-0.25, -0.2) is 8.78 Å². The van der Waals surface area contributed by atoms with Gasteiger partial charge in [-0.2, -0.15) is 0 Å². The minimum atomic E-state index is -3.06. The number of nitrogens with one attached hydrogen (secondary N) is 1. The summed E-state index contributed by atoms with van der Waals surface area (Å²) in [5.74, 6) is -3.00. The van der Waals surface area contributed by atoms with Gasteiger partial charge in [0, 0.05) is 33.2 Å². The lowest BCUT2D eigenvalue weighted by Crippen LogP contribution is -2.48. The highest BCUT2D eigenvalue weighted by Crippen LogP contribution is 2.14. The molecule has 1 fully saturated rings. The van der Waals surface area contributed by atoms with Crippen LogP contribution in [0, 0.1) is 0 Å². The standard InChI is InChI=1S/C12H23F2N3O2/c1-16(2)11(19)7-17-5-3-10(4-6-17)15-8-12(13,14)9-18/h10,15,18H,3-9H2,1-2H3. The van der Waals surface area contributed by atoms with Gasteiger partial charge in [-0.15, -0.1) is 0 Å². The number of aliphatic hydroxyl groups is 1. The molecular formula is C12H23F2N3O2. The average molecular weight is 279 g/mol. The van der Waals surface area contributed by atoms with Gasteiger partial charge in [0.05, 0.1) is 13.1 Å². The van der Waals surface area contributed by atoms with E-state index in [2.05, 4.69) is 5.32 Å². The number of likely N-dealkylation sites (tertiary alicyclic amines) is 1. The summed E-state index contributed by atoms with van der Waals surface area (Å²) < 4.78 is 25.7. The van der Waals surface area contributed by atoms with Crippen LogP contribution >= 0.6 is 0 Å². The summed E-state index contributed by atoms with van der Waals surface area (Å²) >= 11 is 0. The zero-order valence-electron chi connectivity index (χ0n) is 11.5. The molecule has 2 N–H and O–H groups in total. The Morgan fingerprint density at radius 3 is 2.47 bits per heavy atom. The summed E-state index contributed by atoms with van der Waals surface area (Å²) in [6.07, 6.45) is 1.48. The monoisotopic (exact) mass is 279 g/mol. The number of carbonyl (C=O) groups excluding carboxylic acids is 1. The molecule has 0 spiro atoms. The Hall–Kier alpha value is -0.790. The van der Waals surface area contributed by atoms with Crippen molar-refractivity contribution in [2.24, 2.45) is 0 Å². The third-order valence-electron chi connectivity index (χ3n) is 3.33. The quantitative estimate of drug-likeness (QED) is 0.704. The Bertz CT molecular complexity index is 293. The van der Waals surface area contributed by atoms with Crippen LogP contribution in [0.3, 0.4) is 0 Å². The van der Waals surface area contributed by atoms with E-state index in [9.17, 15) is 13.6 Å². The van der Waals surface area contributed by atoms with Gasteiger partial charge >= 0.3 is 0 Å². The second-order valence-corrected chi connectivity index (χ2v) is 5.23. The van der Waals surface area contributed by atoms with E-state index in [0.29, 0.717) is 6.54 Å². The molecule has 112 valence electrons. The highest BCUT2D eigenvalue weighted by molar-refractivity contribution is 5.77. The first-order valence-electron chi connectivity index (χ1n) is 6.48. The van der Waals surface area contributed by atoms with Gasteiger partial charge in [0.2, 0.25) is 5.91 Å². The smallest absolute Gasteiger partial charge is 0.282 e. The highest BCUT2D eigenvalue weighted by atomic mass is 19.3. The highest BCUT2D eigenvalue weighted by Gasteiger charge is 2.29. The van der Waals surface area contributed by atoms with Crippen LogP contribution in [0.4, 0.5) is 8.78 Å². The van der Waals surface area contributed by atoms with Crippen molar-refractivity contribution in [3.05, 3.63) is 0 Å². The number of piperidine rings is 1. The molecule has 0 aromatic heterocycles. The summed E-state index contributed by atoms with van der Waals surface area (Å²) in [7, 11) is 3.43. The molecule has 0 saturated carbocycles. The molecule has 0 aromatic rings. The zero-order chi connectivity index (χ0) is 14.5. The van der Waals surface area contributed by atoms with Gasteiger partial charge in [-0.3, -0.25) is 9.69 Å². The van der Waals surface area contributed by atoms with E-state index in [1.165, 1.54) is 0 Å². The van der Waals surface area contributed by atoms with E-state index in [1.807, 2.05) is 4.90 Å². The molecule has 1 saturated heterocycles. The number of likely N-dealkylation sites (N-methyl/N-ethyl adjacent to an activating group) is 1. The van der Waals surface area contributed by atoms with Crippen molar-refractivity contribution in [3.8, 4) is 0 Å². The lowest BCUT2D eigenvalue weighted by Gasteiger charge is -2.33. The molecule has 1 aliphatic rings. The fourth-order valence-corrected chi connectivity index (χ4v) is 1.98. The molecule has 1 aliphatic heterocycles. The van der Waals surface area contributed by atoms with Crippen LogP contribution in [0.1, 0.15) is 12.8 Å². The number of nitrogens with zero attached hydrogens (tertiary/aromatic N) is 2. The van der Waals surface area contributed by atoms with E-state index in [-0.39, 0.29) is 11.9 Å². The van der Waals surface area contributed by atoms with Crippen LogP contribution in [0.15, 0.2) is 0 Å². The number of alkyl halides is 2. The van der Waals surface area contributed by atoms with Crippen molar-refractivity contribution in [1.82, 2.24) is 15.1 Å². The maximum Gasteiger partial charge on any atom is 0.282 e. The maximum absolute atomic E-state index is 12.9. The van der Waals surface area contributed by atoms with E-state index in [4.69, 9.17) is 5.11 Å². The van der Waals surface area contributed by atoms with E-state index in [0.717, 1.165) is 25.9 Å². The first-order chi connectivity index (χ1) is 8.84. The first kappa shape index (κ1) is 16.3. The third-order valence-corrected chi connectivity index (χ3v) is 3.33. The lowest BCUT2D eigenvalue weighted by molar-refractivity contribution is -0.130. The Balaban J connectivity index is 2.24. The number of aliphatic hydroxyl groups excluding tert-OH is 1. The third kappa shape index (κ3) is 5.80. The van der Waals surface area contributed by atoms with Crippen LogP contribution in [0.25, 0.3) is 0 Å². The number of carbonyl (C=O) groups is 1. The van der Waals surface area contributed by atoms with Crippen molar-refractivity contribution in [2.75, 3.05) is 46.9 Å². The van der Waals surface area contributed by atoms with Crippen molar-refractivity contribution in [1.29, 1.82) is 0 Å². The van der Waals surface area contributed by atoms with Crippen molar-refractivity contribution >= 4 is 5.91 Å². The molecule has 0 radical (unpaired) electrons. The molecular weight excluding hydrogens is 256 g/mol. The van der Waals surface area contributed by atoms with Crippen LogP contribution in [-0.4, -0.2) is 79.7 Å². The fourth-order valence-electron chi connectivity index (χ4n) is 1.98. The van der Waals surface area contributed by atoms with Gasteiger partial charge in [0.1, 0.15) is 6.61 Å². The second kappa shape index (κ2) is 7.12. The van der Waals surface area contributed by atoms with Crippen LogP contribution < -0.4 is 5.32 Å². The van der Waals surface area contributed by atoms with Gasteiger partial charge in [-0.1, -0.05) is 0 Å². The summed E-state index contributed by atoms with van der Waals surface area (Å²) in [4.78, 5) is 15.1. The Labute approximate surface area is 112 Å². The SMILES string of the molecule is CN(C)C(=O)CN1CCC(NCC(F)(F)CO)CC1. The Morgan fingerprint density at radius 1 is 1.42 bits per heavy atom. The molecule has 0 unspecified atom stereocenters. The van der Waals surface area contributed by atoms with Crippen molar-refractivity contribution in [2.45, 2.75) is 24.8 Å². The Kier molecular flexibility index (Phi) is 6.09. The predicted molar refractivity (Wildman–Crippen MR) is 68.2 cm³/mol. The fraction of sp³-hybridized carbons (Fsp3) is 0.917. The number of rotatable bonds is 6. The van der Waals surface area contributed by atoms with Crippen LogP contribution in [-0.2, 0) is 4.79 Å².